The lowest BCUT2D eigenvalue weighted by molar-refractivity contribution is 0.0714. The van der Waals surface area contributed by atoms with Crippen LogP contribution in [0.15, 0.2) is 22.9 Å². The molecule has 1 atom stereocenters. The van der Waals surface area contributed by atoms with Gasteiger partial charge in [-0.2, -0.15) is 10.2 Å². The van der Waals surface area contributed by atoms with E-state index in [0.717, 1.165) is 36.1 Å². The Bertz CT molecular complexity index is 606. The van der Waals surface area contributed by atoms with Crippen molar-refractivity contribution in [3.05, 3.63) is 34.3 Å². The first-order valence-electron chi connectivity index (χ1n) is 6.65. The predicted molar refractivity (Wildman–Crippen MR) is 77.3 cm³/mol. The molecule has 1 aliphatic heterocycles. The molecule has 0 aromatic carbocycles. The third kappa shape index (κ3) is 2.37. The monoisotopic (exact) mass is 337 g/mol. The van der Waals surface area contributed by atoms with Crippen LogP contribution in [0.25, 0.3) is 0 Å². The molecular weight excluding hydrogens is 322 g/mol. The standard InChI is InChI=1S/C13H16BrN5O/c1-9-11(14)12(17-16-9)13(20)19-7-2-4-10(19)8-18-6-3-5-15-18/h3,5-6,10H,2,4,7-8H2,1H3,(H,16,17). The molecule has 1 N–H and O–H groups in total. The Balaban J connectivity index is 1.78. The van der Waals surface area contributed by atoms with Gasteiger partial charge in [-0.3, -0.25) is 14.6 Å². The Labute approximate surface area is 125 Å². The van der Waals surface area contributed by atoms with Crippen molar-refractivity contribution in [3.63, 3.8) is 0 Å². The molecule has 1 unspecified atom stereocenters. The molecule has 20 heavy (non-hydrogen) atoms. The largest absolute Gasteiger partial charge is 0.332 e. The molecule has 0 radical (unpaired) electrons. The first-order valence-corrected chi connectivity index (χ1v) is 7.45. The molecule has 0 spiro atoms. The number of amides is 1. The van der Waals surface area contributed by atoms with E-state index in [-0.39, 0.29) is 11.9 Å². The fourth-order valence-electron chi connectivity index (χ4n) is 2.61. The lowest BCUT2D eigenvalue weighted by atomic mass is 10.2. The van der Waals surface area contributed by atoms with Crippen molar-refractivity contribution < 1.29 is 4.79 Å². The van der Waals surface area contributed by atoms with E-state index in [1.807, 2.05) is 28.8 Å². The van der Waals surface area contributed by atoms with Gasteiger partial charge in [0.2, 0.25) is 0 Å². The van der Waals surface area contributed by atoms with E-state index in [9.17, 15) is 4.79 Å². The molecule has 0 saturated carbocycles. The number of likely N-dealkylation sites (tertiary alicyclic amines) is 1. The number of carbonyl (C=O) groups is 1. The molecule has 0 aliphatic carbocycles. The Kier molecular flexibility index (Phi) is 3.60. The second-order valence-corrected chi connectivity index (χ2v) is 5.83. The summed E-state index contributed by atoms with van der Waals surface area (Å²) in [6.07, 6.45) is 5.72. The van der Waals surface area contributed by atoms with Crippen LogP contribution in [0.1, 0.15) is 29.0 Å². The summed E-state index contributed by atoms with van der Waals surface area (Å²) >= 11 is 3.42. The minimum Gasteiger partial charge on any atom is -0.332 e. The molecule has 2 aromatic rings. The lowest BCUT2D eigenvalue weighted by Gasteiger charge is -2.24. The van der Waals surface area contributed by atoms with Crippen LogP contribution in [0, 0.1) is 6.92 Å². The second kappa shape index (κ2) is 5.40. The van der Waals surface area contributed by atoms with Gasteiger partial charge in [-0.1, -0.05) is 0 Å². The molecule has 3 rings (SSSR count). The SMILES string of the molecule is Cc1[nH]nc(C(=O)N2CCCC2Cn2cccn2)c1Br. The zero-order chi connectivity index (χ0) is 14.1. The fourth-order valence-corrected chi connectivity index (χ4v) is 2.96. The number of rotatable bonds is 3. The van der Waals surface area contributed by atoms with Crippen LogP contribution < -0.4 is 0 Å². The summed E-state index contributed by atoms with van der Waals surface area (Å²) in [6, 6.07) is 2.08. The lowest BCUT2D eigenvalue weighted by Crippen LogP contribution is -2.38. The van der Waals surface area contributed by atoms with Gasteiger partial charge in [-0.15, -0.1) is 0 Å². The number of nitrogens with one attached hydrogen (secondary N) is 1. The zero-order valence-electron chi connectivity index (χ0n) is 11.2. The summed E-state index contributed by atoms with van der Waals surface area (Å²) in [5.74, 6) is -0.0177. The topological polar surface area (TPSA) is 66.8 Å². The predicted octanol–water partition coefficient (Wildman–Crippen LogP) is 1.98. The molecule has 1 saturated heterocycles. The number of aryl methyl sites for hydroxylation is 1. The van der Waals surface area contributed by atoms with E-state index in [0.29, 0.717) is 5.69 Å². The summed E-state index contributed by atoms with van der Waals surface area (Å²) in [6.45, 7) is 3.40. The Morgan fingerprint density at radius 2 is 2.45 bits per heavy atom. The van der Waals surface area contributed by atoms with Crippen LogP contribution in [0.3, 0.4) is 0 Å². The summed E-state index contributed by atoms with van der Waals surface area (Å²) in [5.41, 5.74) is 1.34. The van der Waals surface area contributed by atoms with Crippen LogP contribution in [-0.4, -0.2) is 43.4 Å². The van der Waals surface area contributed by atoms with Crippen molar-refractivity contribution in [2.75, 3.05) is 6.54 Å². The third-order valence-electron chi connectivity index (χ3n) is 3.67. The maximum atomic E-state index is 12.6. The van der Waals surface area contributed by atoms with Crippen LogP contribution in [0.2, 0.25) is 0 Å². The van der Waals surface area contributed by atoms with Crippen molar-refractivity contribution in [3.8, 4) is 0 Å². The number of halogens is 1. The number of H-pyrrole nitrogens is 1. The molecule has 0 bridgehead atoms. The van der Waals surface area contributed by atoms with Gasteiger partial charge in [0, 0.05) is 24.6 Å². The third-order valence-corrected chi connectivity index (χ3v) is 4.64. The number of carbonyl (C=O) groups excluding carboxylic acids is 1. The van der Waals surface area contributed by atoms with Crippen LogP contribution in [0.4, 0.5) is 0 Å². The van der Waals surface area contributed by atoms with Gasteiger partial charge in [0.15, 0.2) is 5.69 Å². The van der Waals surface area contributed by atoms with Crippen LogP contribution >= 0.6 is 15.9 Å². The average molecular weight is 338 g/mol. The maximum absolute atomic E-state index is 12.6. The van der Waals surface area contributed by atoms with Gasteiger partial charge in [0.25, 0.3) is 5.91 Å². The Morgan fingerprint density at radius 3 is 3.10 bits per heavy atom. The fraction of sp³-hybridized carbons (Fsp3) is 0.462. The van der Waals surface area contributed by atoms with Gasteiger partial charge >= 0.3 is 0 Å². The van der Waals surface area contributed by atoms with Crippen molar-refractivity contribution in [1.82, 2.24) is 24.9 Å². The number of hydrogen-bond acceptors (Lipinski definition) is 3. The van der Waals surface area contributed by atoms with Crippen molar-refractivity contribution >= 4 is 21.8 Å². The van der Waals surface area contributed by atoms with Gasteiger partial charge < -0.3 is 4.90 Å². The van der Waals surface area contributed by atoms with E-state index in [1.165, 1.54) is 0 Å². The van der Waals surface area contributed by atoms with E-state index in [4.69, 9.17) is 0 Å². The minimum atomic E-state index is -0.0177. The van der Waals surface area contributed by atoms with Crippen LogP contribution in [-0.2, 0) is 6.54 Å². The molecule has 7 heteroatoms. The summed E-state index contributed by atoms with van der Waals surface area (Å²) in [4.78, 5) is 14.5. The van der Waals surface area contributed by atoms with Crippen molar-refractivity contribution in [2.45, 2.75) is 32.4 Å². The summed E-state index contributed by atoms with van der Waals surface area (Å²) < 4.78 is 2.63. The van der Waals surface area contributed by atoms with E-state index < -0.39 is 0 Å². The number of hydrogen-bond donors (Lipinski definition) is 1. The number of aromatic nitrogens is 4. The van der Waals surface area contributed by atoms with Gasteiger partial charge in [0.05, 0.1) is 17.1 Å². The Hall–Kier alpha value is -1.63. The molecule has 1 amide bonds. The summed E-state index contributed by atoms with van der Waals surface area (Å²) in [5, 5.41) is 11.2. The minimum absolute atomic E-state index is 0.0177. The molecule has 6 nitrogen and oxygen atoms in total. The van der Waals surface area contributed by atoms with Gasteiger partial charge in [0.1, 0.15) is 0 Å². The maximum Gasteiger partial charge on any atom is 0.275 e. The van der Waals surface area contributed by atoms with Crippen molar-refractivity contribution in [1.29, 1.82) is 0 Å². The highest BCUT2D eigenvalue weighted by atomic mass is 79.9. The number of nitrogens with zero attached hydrogens (tertiary/aromatic N) is 4. The van der Waals surface area contributed by atoms with Crippen LogP contribution in [0.5, 0.6) is 0 Å². The van der Waals surface area contributed by atoms with E-state index in [1.54, 1.807) is 6.20 Å². The average Bonchev–Trinajstić information content (AvgIpc) is 3.14. The molecule has 3 heterocycles. The number of aromatic amines is 1. The Morgan fingerprint density at radius 1 is 1.60 bits per heavy atom. The highest BCUT2D eigenvalue weighted by Gasteiger charge is 2.32. The quantitative estimate of drug-likeness (QED) is 0.931. The van der Waals surface area contributed by atoms with E-state index >= 15 is 0 Å². The normalized spacial score (nSPS) is 18.7. The highest BCUT2D eigenvalue weighted by molar-refractivity contribution is 9.10. The van der Waals surface area contributed by atoms with E-state index in [2.05, 4.69) is 31.2 Å². The van der Waals surface area contributed by atoms with Crippen molar-refractivity contribution in [2.24, 2.45) is 0 Å². The first-order chi connectivity index (χ1) is 9.66. The highest BCUT2D eigenvalue weighted by Crippen LogP contribution is 2.25. The van der Waals surface area contributed by atoms with Gasteiger partial charge in [-0.25, -0.2) is 0 Å². The molecule has 1 aliphatic rings. The molecule has 2 aromatic heterocycles. The zero-order valence-corrected chi connectivity index (χ0v) is 12.8. The second-order valence-electron chi connectivity index (χ2n) is 5.03. The molecule has 106 valence electrons. The van der Waals surface area contributed by atoms with Gasteiger partial charge in [-0.05, 0) is 41.8 Å². The summed E-state index contributed by atoms with van der Waals surface area (Å²) in [7, 11) is 0. The molecule has 1 fully saturated rings. The molecular formula is C13H16BrN5O. The first kappa shape index (κ1) is 13.4. The smallest absolute Gasteiger partial charge is 0.275 e.